The van der Waals surface area contributed by atoms with Gasteiger partial charge in [-0.2, -0.15) is 0 Å². The van der Waals surface area contributed by atoms with E-state index in [0.717, 1.165) is 57.0 Å². The molecule has 2 aromatic carbocycles. The lowest BCUT2D eigenvalue weighted by Gasteiger charge is -2.33. The molecule has 7 nitrogen and oxygen atoms in total. The van der Waals surface area contributed by atoms with Crippen molar-refractivity contribution in [1.29, 1.82) is 0 Å². The maximum atomic E-state index is 13.6. The van der Waals surface area contributed by atoms with E-state index in [1.165, 1.54) is 11.3 Å². The Morgan fingerprint density at radius 3 is 2.65 bits per heavy atom. The molecule has 1 aliphatic heterocycles. The maximum Gasteiger partial charge on any atom is 0.254 e. The highest BCUT2D eigenvalue weighted by Crippen LogP contribution is 2.44. The number of sulfone groups is 1. The number of rotatable bonds is 5. The average molecular weight is 579 g/mol. The smallest absolute Gasteiger partial charge is 0.254 e. The van der Waals surface area contributed by atoms with E-state index in [2.05, 4.69) is 31.4 Å². The van der Waals surface area contributed by atoms with Gasteiger partial charge in [0.2, 0.25) is 5.91 Å². The normalized spacial score (nSPS) is 20.5. The standard InChI is InChI=1S/C31H34N2O5S2/c1-31(2,3)20-9-10-23-25(15-20)39-30(28(23)29(35)32-21-12-13-40(36,37)17-21)33-26(34)14-19-16-38-24-11-8-18-6-4-5-7-22(18)27(19)24/h4-8,11,16,20-21H,9-10,12-15,17H2,1-3H3,(H,32,35)(H,33,34). The largest absolute Gasteiger partial charge is 0.464 e. The predicted octanol–water partition coefficient (Wildman–Crippen LogP) is 5.90. The van der Waals surface area contributed by atoms with Crippen LogP contribution in [0.3, 0.4) is 0 Å². The van der Waals surface area contributed by atoms with Crippen LogP contribution in [0.1, 0.15) is 60.0 Å². The number of carbonyl (C=O) groups is 2. The molecule has 2 N–H and O–H groups in total. The van der Waals surface area contributed by atoms with Crippen molar-refractivity contribution in [2.75, 3.05) is 16.8 Å². The number of thiophene rings is 1. The molecule has 0 saturated carbocycles. The third-order valence-corrected chi connectivity index (χ3v) is 11.4. The first kappa shape index (κ1) is 27.0. The van der Waals surface area contributed by atoms with E-state index in [1.54, 1.807) is 6.26 Å². The minimum atomic E-state index is -3.13. The molecule has 4 aromatic rings. The fourth-order valence-electron chi connectivity index (χ4n) is 6.17. The molecule has 6 rings (SSSR count). The fourth-order valence-corrected chi connectivity index (χ4v) is 9.18. The van der Waals surface area contributed by atoms with Gasteiger partial charge in [-0.15, -0.1) is 11.3 Å². The lowest BCUT2D eigenvalue weighted by Crippen LogP contribution is -2.36. The molecule has 0 spiro atoms. The highest BCUT2D eigenvalue weighted by Gasteiger charge is 2.36. The zero-order chi connectivity index (χ0) is 28.2. The number of benzene rings is 2. The van der Waals surface area contributed by atoms with Gasteiger partial charge in [-0.1, -0.05) is 51.1 Å². The van der Waals surface area contributed by atoms with Crippen molar-refractivity contribution in [1.82, 2.24) is 5.32 Å². The molecule has 0 radical (unpaired) electrons. The van der Waals surface area contributed by atoms with Crippen molar-refractivity contribution in [2.24, 2.45) is 11.3 Å². The summed E-state index contributed by atoms with van der Waals surface area (Å²) in [6, 6.07) is 11.5. The summed E-state index contributed by atoms with van der Waals surface area (Å²) in [7, 11) is -3.13. The number of fused-ring (bicyclic) bond motifs is 4. The van der Waals surface area contributed by atoms with E-state index in [4.69, 9.17) is 4.42 Å². The zero-order valence-corrected chi connectivity index (χ0v) is 24.6. The third-order valence-electron chi connectivity index (χ3n) is 8.43. The van der Waals surface area contributed by atoms with E-state index >= 15 is 0 Å². The molecule has 2 unspecified atom stereocenters. The van der Waals surface area contributed by atoms with Crippen LogP contribution in [0, 0.1) is 11.3 Å². The van der Waals surface area contributed by atoms with Crippen LogP contribution in [0.4, 0.5) is 5.00 Å². The summed E-state index contributed by atoms with van der Waals surface area (Å²) < 4.78 is 29.8. The van der Waals surface area contributed by atoms with Gasteiger partial charge in [0.25, 0.3) is 5.91 Å². The molecule has 210 valence electrons. The van der Waals surface area contributed by atoms with Crippen LogP contribution >= 0.6 is 11.3 Å². The van der Waals surface area contributed by atoms with Crippen molar-refractivity contribution < 1.29 is 22.4 Å². The molecule has 3 heterocycles. The predicted molar refractivity (Wildman–Crippen MR) is 160 cm³/mol. The van der Waals surface area contributed by atoms with Crippen LogP contribution in [0.25, 0.3) is 21.7 Å². The van der Waals surface area contributed by atoms with Crippen molar-refractivity contribution in [2.45, 2.75) is 58.9 Å². The summed E-state index contributed by atoms with van der Waals surface area (Å²) in [4.78, 5) is 28.2. The number of amides is 2. The molecule has 2 amide bonds. The SMILES string of the molecule is CC(C)(C)C1CCc2c(sc(NC(=O)Cc3coc4ccc5ccccc5c34)c2C(=O)NC2CCS(=O)(=O)C2)C1. The molecule has 40 heavy (non-hydrogen) atoms. The van der Waals surface area contributed by atoms with Gasteiger partial charge in [-0.3, -0.25) is 9.59 Å². The molecule has 2 aromatic heterocycles. The lowest BCUT2D eigenvalue weighted by molar-refractivity contribution is -0.115. The zero-order valence-electron chi connectivity index (χ0n) is 23.0. The minimum absolute atomic E-state index is 0.0413. The van der Waals surface area contributed by atoms with Crippen LogP contribution in [0.2, 0.25) is 0 Å². The van der Waals surface area contributed by atoms with Crippen LogP contribution < -0.4 is 10.6 Å². The fraction of sp³-hybridized carbons (Fsp3) is 0.419. The number of carbonyl (C=O) groups excluding carboxylic acids is 2. The lowest BCUT2D eigenvalue weighted by atomic mass is 9.72. The first-order chi connectivity index (χ1) is 19.0. The van der Waals surface area contributed by atoms with Crippen molar-refractivity contribution in [3.63, 3.8) is 0 Å². The van der Waals surface area contributed by atoms with Crippen molar-refractivity contribution in [3.8, 4) is 0 Å². The summed E-state index contributed by atoms with van der Waals surface area (Å²) in [5, 5.41) is 9.58. The maximum absolute atomic E-state index is 13.6. The number of anilines is 1. The van der Waals surface area contributed by atoms with Gasteiger partial charge in [0.1, 0.15) is 10.6 Å². The molecule has 1 aliphatic carbocycles. The summed E-state index contributed by atoms with van der Waals surface area (Å²) in [6.07, 6.45) is 4.74. The molecular weight excluding hydrogens is 544 g/mol. The first-order valence-corrected chi connectivity index (χ1v) is 16.5. The number of hydrogen-bond donors (Lipinski definition) is 2. The number of hydrogen-bond acceptors (Lipinski definition) is 6. The Morgan fingerprint density at radius 1 is 1.10 bits per heavy atom. The summed E-state index contributed by atoms with van der Waals surface area (Å²) >= 11 is 1.48. The Balaban J connectivity index is 1.30. The van der Waals surface area contributed by atoms with Gasteiger partial charge in [0, 0.05) is 21.9 Å². The van der Waals surface area contributed by atoms with Gasteiger partial charge in [0.15, 0.2) is 9.84 Å². The molecule has 1 fully saturated rings. The average Bonchev–Trinajstić information content (AvgIpc) is 3.57. The highest BCUT2D eigenvalue weighted by molar-refractivity contribution is 7.91. The van der Waals surface area contributed by atoms with E-state index in [0.29, 0.717) is 22.9 Å². The summed E-state index contributed by atoms with van der Waals surface area (Å²) in [6.45, 7) is 6.73. The second-order valence-electron chi connectivity index (χ2n) is 12.2. The molecular formula is C31H34N2O5S2. The van der Waals surface area contributed by atoms with Crippen LogP contribution in [-0.4, -0.2) is 37.8 Å². The van der Waals surface area contributed by atoms with E-state index in [1.807, 2.05) is 36.4 Å². The second-order valence-corrected chi connectivity index (χ2v) is 15.6. The second kappa shape index (κ2) is 10.0. The highest BCUT2D eigenvalue weighted by atomic mass is 32.2. The Kier molecular flexibility index (Phi) is 6.78. The van der Waals surface area contributed by atoms with Crippen LogP contribution in [0.15, 0.2) is 47.1 Å². The third kappa shape index (κ3) is 5.17. The summed E-state index contributed by atoms with van der Waals surface area (Å²) in [5.74, 6) is -0.00353. The Bertz CT molecular complexity index is 1740. The van der Waals surface area contributed by atoms with Gasteiger partial charge in [-0.25, -0.2) is 8.42 Å². The number of furan rings is 1. The van der Waals surface area contributed by atoms with E-state index in [9.17, 15) is 18.0 Å². The van der Waals surface area contributed by atoms with E-state index < -0.39 is 15.9 Å². The molecule has 2 aliphatic rings. The Labute approximate surface area is 238 Å². The monoisotopic (exact) mass is 578 g/mol. The summed E-state index contributed by atoms with van der Waals surface area (Å²) in [5.41, 5.74) is 3.14. The van der Waals surface area contributed by atoms with E-state index in [-0.39, 0.29) is 35.2 Å². The topological polar surface area (TPSA) is 105 Å². The Morgan fingerprint density at radius 2 is 1.90 bits per heavy atom. The quantitative estimate of drug-likeness (QED) is 0.307. The molecule has 1 saturated heterocycles. The number of nitrogens with one attached hydrogen (secondary N) is 2. The van der Waals surface area contributed by atoms with Gasteiger partial charge >= 0.3 is 0 Å². The Hall–Kier alpha value is -3.17. The van der Waals surface area contributed by atoms with Crippen LogP contribution in [0.5, 0.6) is 0 Å². The molecule has 0 bridgehead atoms. The minimum Gasteiger partial charge on any atom is -0.464 e. The van der Waals surface area contributed by atoms with Crippen molar-refractivity contribution >= 4 is 59.7 Å². The van der Waals surface area contributed by atoms with Gasteiger partial charge < -0.3 is 15.1 Å². The molecule has 2 atom stereocenters. The van der Waals surface area contributed by atoms with Crippen LogP contribution in [-0.2, 0) is 33.9 Å². The first-order valence-electron chi connectivity index (χ1n) is 13.8. The van der Waals surface area contributed by atoms with Gasteiger partial charge in [0.05, 0.1) is 29.8 Å². The van der Waals surface area contributed by atoms with Gasteiger partial charge in [-0.05, 0) is 59.4 Å². The molecule has 9 heteroatoms. The van der Waals surface area contributed by atoms with Crippen molar-refractivity contribution in [3.05, 3.63) is 64.2 Å².